The van der Waals surface area contributed by atoms with Gasteiger partial charge in [0.1, 0.15) is 0 Å². The Balaban J connectivity index is 6.16. The molecule has 3 N–H and O–H groups in total. The maximum absolute atomic E-state index is 11.8. The van der Waals surface area contributed by atoms with Crippen molar-refractivity contribution < 1.29 is 4.89 Å². The van der Waals surface area contributed by atoms with Gasteiger partial charge in [0.25, 0.3) is 0 Å². The van der Waals surface area contributed by atoms with Crippen molar-refractivity contribution in [3.8, 4) is 6.07 Å². The Morgan fingerprint density at radius 3 is 1.38 bits per heavy atom. The number of hydrogen-bond acceptors (Lipinski definition) is 5. The quantitative estimate of drug-likeness (QED) is 0.672. The van der Waals surface area contributed by atoms with E-state index in [0.717, 1.165) is 0 Å². The van der Waals surface area contributed by atoms with Gasteiger partial charge in [0.2, 0.25) is 0 Å². The van der Waals surface area contributed by atoms with Crippen LogP contribution in [0.3, 0.4) is 0 Å². The van der Waals surface area contributed by atoms with Crippen molar-refractivity contribution in [3.05, 3.63) is 0 Å². The van der Waals surface area contributed by atoms with Gasteiger partial charge in [-0.05, 0) is 0 Å². The number of nitrogens with zero attached hydrogens (tertiary/aromatic N) is 3. The van der Waals surface area contributed by atoms with Crippen LogP contribution in [-0.4, -0.2) is 44.6 Å². The van der Waals surface area contributed by atoms with Crippen molar-refractivity contribution in [3.63, 3.8) is 0 Å². The number of nitrogens with two attached hydrogens (primary N) is 1. The monoisotopic (exact) mass is 318 g/mol. The minimum absolute atomic E-state index is 0.108. The Hall–Kier alpha value is -0.240. The fourth-order valence-corrected chi connectivity index (χ4v) is 9.08. The Labute approximate surface area is 131 Å². The van der Waals surface area contributed by atoms with E-state index in [9.17, 15) is 4.89 Å². The topological polar surface area (TPSA) is 76.5 Å². The normalized spacial score (nSPS) is 15.3. The number of nitriles is 1. The predicted molar refractivity (Wildman–Crippen MR) is 92.6 cm³/mol. The summed E-state index contributed by atoms with van der Waals surface area (Å²) in [4.78, 5) is 11.8. The molecular formula is C15H35N4OP. The summed E-state index contributed by atoms with van der Waals surface area (Å²) in [5, 5.41) is 9.03. The van der Waals surface area contributed by atoms with Gasteiger partial charge in [-0.15, -0.1) is 0 Å². The van der Waals surface area contributed by atoms with E-state index in [-0.39, 0.29) is 30.6 Å². The molecule has 0 aromatic heterocycles. The van der Waals surface area contributed by atoms with Gasteiger partial charge >= 0.3 is 130 Å². The first kappa shape index (κ1) is 20.8. The molecule has 21 heavy (non-hydrogen) atoms. The molecule has 6 heteroatoms. The van der Waals surface area contributed by atoms with Gasteiger partial charge < -0.3 is 0 Å². The van der Waals surface area contributed by atoms with Crippen LogP contribution in [0.4, 0.5) is 0 Å². The van der Waals surface area contributed by atoms with Crippen LogP contribution in [0, 0.1) is 11.3 Å². The maximum atomic E-state index is 11.8. The Morgan fingerprint density at radius 2 is 1.19 bits per heavy atom. The molecule has 0 saturated heterocycles. The van der Waals surface area contributed by atoms with Crippen molar-refractivity contribution in [1.82, 2.24) is 9.34 Å². The van der Waals surface area contributed by atoms with Crippen LogP contribution < -0.4 is 5.50 Å². The van der Waals surface area contributed by atoms with Gasteiger partial charge in [0.15, 0.2) is 0 Å². The van der Waals surface area contributed by atoms with E-state index in [1.165, 1.54) is 0 Å². The summed E-state index contributed by atoms with van der Waals surface area (Å²) in [6.45, 7) is 16.4. The number of hydrogen-bond donors (Lipinski definition) is 2. The summed E-state index contributed by atoms with van der Waals surface area (Å²) in [7, 11) is -3.83. The molecule has 0 aliphatic heterocycles. The van der Waals surface area contributed by atoms with E-state index >= 15 is 0 Å². The average molecular weight is 318 g/mol. The molecule has 0 aromatic carbocycles. The molecule has 0 atom stereocenters. The summed E-state index contributed by atoms with van der Waals surface area (Å²) in [5.41, 5.74) is 6.81. The summed E-state index contributed by atoms with van der Waals surface area (Å²) in [6.07, 6.45) is 0.575. The van der Waals surface area contributed by atoms with Crippen LogP contribution >= 0.6 is 7.28 Å². The number of rotatable bonds is 8. The molecule has 0 saturated carbocycles. The first-order chi connectivity index (χ1) is 9.39. The van der Waals surface area contributed by atoms with Crippen molar-refractivity contribution in [2.45, 2.75) is 86.0 Å². The van der Waals surface area contributed by atoms with Gasteiger partial charge in [-0.25, -0.2) is 0 Å². The minimum atomic E-state index is -3.83. The van der Waals surface area contributed by atoms with E-state index in [2.05, 4.69) is 61.5 Å². The second-order valence-electron chi connectivity index (χ2n) is 6.99. The van der Waals surface area contributed by atoms with E-state index < -0.39 is 7.28 Å². The van der Waals surface area contributed by atoms with E-state index in [1.807, 2.05) is 9.34 Å². The Bertz CT molecular complexity index is 334. The zero-order valence-electron chi connectivity index (χ0n) is 15.0. The van der Waals surface area contributed by atoms with Gasteiger partial charge in [0, 0.05) is 0 Å². The molecule has 0 heterocycles. The first-order valence-corrected chi connectivity index (χ1v) is 10.3. The van der Waals surface area contributed by atoms with E-state index in [0.29, 0.717) is 6.16 Å². The third-order valence-corrected chi connectivity index (χ3v) is 8.72. The predicted octanol–water partition coefficient (Wildman–Crippen LogP) is 3.30. The molecule has 0 fully saturated rings. The summed E-state index contributed by atoms with van der Waals surface area (Å²) in [5.74, 6) is 0. The summed E-state index contributed by atoms with van der Waals surface area (Å²) in [6, 6.07) is 2.58. The van der Waals surface area contributed by atoms with Crippen molar-refractivity contribution in [1.29, 1.82) is 5.26 Å². The zero-order valence-corrected chi connectivity index (χ0v) is 15.9. The Kier molecular flexibility index (Phi) is 7.27. The molecule has 0 aliphatic carbocycles. The van der Waals surface area contributed by atoms with Crippen molar-refractivity contribution in [2.75, 3.05) is 6.16 Å². The van der Waals surface area contributed by atoms with Crippen molar-refractivity contribution in [2.24, 2.45) is 5.50 Å². The summed E-state index contributed by atoms with van der Waals surface area (Å²) < 4.78 is 4.09. The molecule has 0 amide bonds. The molecule has 5 nitrogen and oxygen atoms in total. The molecule has 0 aromatic rings. The first-order valence-electron chi connectivity index (χ1n) is 7.90. The molecule has 0 unspecified atom stereocenters. The van der Waals surface area contributed by atoms with Crippen LogP contribution in [0.25, 0.3) is 0 Å². The van der Waals surface area contributed by atoms with Crippen molar-refractivity contribution >= 4 is 7.28 Å². The van der Waals surface area contributed by atoms with Crippen LogP contribution in [0.5, 0.6) is 0 Å². The third kappa shape index (κ3) is 4.37. The van der Waals surface area contributed by atoms with Crippen LogP contribution in [0.1, 0.15) is 61.8 Å². The van der Waals surface area contributed by atoms with Crippen LogP contribution in [0.15, 0.2) is 0 Å². The van der Waals surface area contributed by atoms with E-state index in [4.69, 9.17) is 10.8 Å². The Morgan fingerprint density at radius 1 is 0.905 bits per heavy atom. The fraction of sp³-hybridized carbons (Fsp3) is 0.933. The fourth-order valence-electron chi connectivity index (χ4n) is 3.82. The van der Waals surface area contributed by atoms with Gasteiger partial charge in [0.05, 0.1) is 0 Å². The molecule has 0 spiro atoms. The second-order valence-corrected chi connectivity index (χ2v) is 10.8. The SMILES string of the molecule is CC(C)N(C(C)C)P(N)(O)(CCC#N)N(C(C)C)C(C)C. The molecule has 0 aliphatic rings. The summed E-state index contributed by atoms with van der Waals surface area (Å²) >= 11 is 0. The van der Waals surface area contributed by atoms with Crippen LogP contribution in [0.2, 0.25) is 0 Å². The molecule has 0 rings (SSSR count). The zero-order chi connectivity index (χ0) is 17.0. The molecular weight excluding hydrogens is 283 g/mol. The average Bonchev–Trinajstić information content (AvgIpc) is 2.23. The van der Waals surface area contributed by atoms with E-state index in [1.54, 1.807) is 0 Å². The van der Waals surface area contributed by atoms with Gasteiger partial charge in [-0.2, -0.15) is 0 Å². The van der Waals surface area contributed by atoms with Gasteiger partial charge in [-0.1, -0.05) is 0 Å². The second kappa shape index (κ2) is 7.35. The van der Waals surface area contributed by atoms with Crippen LogP contribution in [-0.2, 0) is 0 Å². The van der Waals surface area contributed by atoms with Gasteiger partial charge in [-0.3, -0.25) is 0 Å². The standard InChI is InChI=1S/C15H35N4OP/c1-12(2)18(13(3)4)21(17,20,11-9-10-16)19(14(5)6)15(7)8/h12-15,20H,9,11,17H2,1-8H3. The molecule has 126 valence electrons. The third-order valence-electron chi connectivity index (χ3n) is 3.78. The molecule has 0 radical (unpaired) electrons. The molecule has 0 bridgehead atoms.